The minimum absolute atomic E-state index is 0.0760. The van der Waals surface area contributed by atoms with Gasteiger partial charge >= 0.3 is 0 Å². The first kappa shape index (κ1) is 13.5. The van der Waals surface area contributed by atoms with Gasteiger partial charge in [0, 0.05) is 11.5 Å². The molecule has 0 aromatic heterocycles. The van der Waals surface area contributed by atoms with Crippen LogP contribution < -0.4 is 0 Å². The van der Waals surface area contributed by atoms with E-state index in [1.807, 2.05) is 36.4 Å². The lowest BCUT2D eigenvalue weighted by Gasteiger charge is -2.10. The predicted octanol–water partition coefficient (Wildman–Crippen LogP) is 4.37. The van der Waals surface area contributed by atoms with E-state index in [0.29, 0.717) is 11.8 Å². The van der Waals surface area contributed by atoms with Crippen molar-refractivity contribution in [2.45, 2.75) is 18.4 Å². The highest BCUT2D eigenvalue weighted by molar-refractivity contribution is 5.36. The summed E-state index contributed by atoms with van der Waals surface area (Å²) < 4.78 is 5.63. The zero-order valence-electron chi connectivity index (χ0n) is 11.9. The number of ether oxygens (including phenoxy) is 1. The third kappa shape index (κ3) is 3.35. The Morgan fingerprint density at radius 2 is 1.71 bits per heavy atom. The van der Waals surface area contributed by atoms with Crippen LogP contribution in [0.2, 0.25) is 0 Å². The quantitative estimate of drug-likeness (QED) is 0.594. The van der Waals surface area contributed by atoms with E-state index >= 15 is 0 Å². The number of hydrogen-bond acceptors (Lipinski definition) is 1. The molecule has 3 rings (SSSR count). The second kappa shape index (κ2) is 6.33. The lowest BCUT2D eigenvalue weighted by molar-refractivity contribution is 0.173. The number of rotatable bonds is 4. The maximum absolute atomic E-state index is 5.63. The van der Waals surface area contributed by atoms with E-state index in [0.717, 1.165) is 12.0 Å². The molecule has 1 heteroatoms. The molecular weight excluding hydrogens is 256 g/mol. The van der Waals surface area contributed by atoms with Gasteiger partial charge in [0.2, 0.25) is 0 Å². The van der Waals surface area contributed by atoms with Gasteiger partial charge in [0.25, 0.3) is 0 Å². The summed E-state index contributed by atoms with van der Waals surface area (Å²) in [6.45, 7) is 3.67. The van der Waals surface area contributed by atoms with Gasteiger partial charge in [-0.05, 0) is 30.0 Å². The van der Waals surface area contributed by atoms with Crippen molar-refractivity contribution in [1.82, 2.24) is 0 Å². The number of hydrogen-bond donors (Lipinski definition) is 0. The molecule has 21 heavy (non-hydrogen) atoms. The van der Waals surface area contributed by atoms with Crippen molar-refractivity contribution in [3.8, 4) is 11.8 Å². The van der Waals surface area contributed by atoms with Crippen LogP contribution in [0.15, 0.2) is 73.5 Å². The highest BCUT2D eigenvalue weighted by Gasteiger charge is 2.44. The first-order valence-electron chi connectivity index (χ1n) is 7.26. The Labute approximate surface area is 126 Å². The summed E-state index contributed by atoms with van der Waals surface area (Å²) in [7, 11) is 0. The molecule has 1 saturated carbocycles. The maximum atomic E-state index is 5.63. The minimum Gasteiger partial charge on any atom is -0.486 e. The van der Waals surface area contributed by atoms with Gasteiger partial charge in [-0.25, -0.2) is 0 Å². The number of benzene rings is 2. The highest BCUT2D eigenvalue weighted by atomic mass is 16.5. The fourth-order valence-electron chi connectivity index (χ4n) is 2.65. The second-order valence-corrected chi connectivity index (χ2v) is 5.28. The van der Waals surface area contributed by atoms with Crippen LogP contribution in [0.1, 0.15) is 23.5 Å². The van der Waals surface area contributed by atoms with Crippen LogP contribution in [0.25, 0.3) is 0 Å². The Morgan fingerprint density at radius 1 is 1.05 bits per heavy atom. The molecule has 0 N–H and O–H groups in total. The zero-order chi connectivity index (χ0) is 14.5. The van der Waals surface area contributed by atoms with Crippen LogP contribution >= 0.6 is 0 Å². The van der Waals surface area contributed by atoms with E-state index in [-0.39, 0.29) is 6.10 Å². The molecule has 1 fully saturated rings. The van der Waals surface area contributed by atoms with Gasteiger partial charge in [0.15, 0.2) is 6.10 Å². The smallest absolute Gasteiger partial charge is 0.162 e. The summed E-state index contributed by atoms with van der Waals surface area (Å²) in [4.78, 5) is 0. The molecule has 0 aliphatic heterocycles. The predicted molar refractivity (Wildman–Crippen MR) is 85.7 cm³/mol. The average Bonchev–Trinajstić information content (AvgIpc) is 3.34. The summed E-state index contributed by atoms with van der Waals surface area (Å²) in [5.74, 6) is 7.47. The van der Waals surface area contributed by atoms with Crippen molar-refractivity contribution in [2.24, 2.45) is 5.92 Å². The van der Waals surface area contributed by atoms with Gasteiger partial charge in [-0.1, -0.05) is 67.0 Å². The molecule has 0 unspecified atom stereocenters. The molecule has 0 bridgehead atoms. The van der Waals surface area contributed by atoms with Crippen LogP contribution in [-0.2, 0) is 4.74 Å². The Bertz CT molecular complexity index is 648. The Kier molecular flexibility index (Phi) is 4.07. The average molecular weight is 274 g/mol. The third-order valence-corrected chi connectivity index (χ3v) is 3.83. The Balaban J connectivity index is 1.72. The van der Waals surface area contributed by atoms with Crippen LogP contribution in [0.3, 0.4) is 0 Å². The van der Waals surface area contributed by atoms with Crippen molar-refractivity contribution in [3.05, 3.63) is 84.6 Å². The van der Waals surface area contributed by atoms with E-state index in [1.54, 1.807) is 0 Å². The molecule has 2 aromatic rings. The largest absolute Gasteiger partial charge is 0.486 e. The van der Waals surface area contributed by atoms with E-state index in [2.05, 4.69) is 42.7 Å². The molecule has 1 aliphatic rings. The Morgan fingerprint density at radius 3 is 2.38 bits per heavy atom. The van der Waals surface area contributed by atoms with Gasteiger partial charge in [-0.3, -0.25) is 0 Å². The summed E-state index contributed by atoms with van der Waals surface area (Å²) in [6, 6.07) is 20.6. The van der Waals surface area contributed by atoms with Crippen molar-refractivity contribution >= 4 is 0 Å². The van der Waals surface area contributed by atoms with E-state index in [4.69, 9.17) is 4.74 Å². The molecule has 1 nitrogen and oxygen atoms in total. The maximum Gasteiger partial charge on any atom is 0.162 e. The summed E-state index contributed by atoms with van der Waals surface area (Å²) in [5.41, 5.74) is 2.40. The van der Waals surface area contributed by atoms with E-state index in [1.165, 1.54) is 11.8 Å². The molecule has 0 saturated heterocycles. The van der Waals surface area contributed by atoms with Crippen LogP contribution in [0.5, 0.6) is 0 Å². The van der Waals surface area contributed by atoms with Gasteiger partial charge < -0.3 is 4.74 Å². The van der Waals surface area contributed by atoms with Gasteiger partial charge in [-0.15, -0.1) is 0 Å². The molecule has 1 aliphatic carbocycles. The molecule has 0 amide bonds. The Hall–Kier alpha value is -2.46. The zero-order valence-corrected chi connectivity index (χ0v) is 11.9. The van der Waals surface area contributed by atoms with E-state index in [9.17, 15) is 0 Å². The summed E-state index contributed by atoms with van der Waals surface area (Å²) in [5, 5.41) is 0. The molecule has 3 atom stereocenters. The highest BCUT2D eigenvalue weighted by Crippen LogP contribution is 2.50. The summed E-state index contributed by atoms with van der Waals surface area (Å²) in [6.07, 6.45) is 2.56. The lowest BCUT2D eigenvalue weighted by atomic mass is 10.1. The molecule has 2 aromatic carbocycles. The standard InChI is InChI=1S/C20H18O/c1-2-21-20(14-13-16-9-5-3-6-10-16)19-15-18(19)17-11-7-4-8-12-17/h2-12,18-20H,1,15H2/t18-,19-,20+/m1/s1. The van der Waals surface area contributed by atoms with Crippen molar-refractivity contribution in [1.29, 1.82) is 0 Å². The molecular formula is C20H18O. The van der Waals surface area contributed by atoms with Gasteiger partial charge in [0.1, 0.15) is 0 Å². The molecule has 0 spiro atoms. The fraction of sp³-hybridized carbons (Fsp3) is 0.200. The SMILES string of the molecule is C=CO[C@@H](C#Cc1ccccc1)[C@@H]1C[C@@H]1c1ccccc1. The minimum atomic E-state index is -0.0760. The van der Waals surface area contributed by atoms with Crippen molar-refractivity contribution < 1.29 is 4.74 Å². The van der Waals surface area contributed by atoms with Crippen molar-refractivity contribution in [2.75, 3.05) is 0 Å². The topological polar surface area (TPSA) is 9.23 Å². The van der Waals surface area contributed by atoms with Gasteiger partial charge in [-0.2, -0.15) is 0 Å². The summed E-state index contributed by atoms with van der Waals surface area (Å²) >= 11 is 0. The molecule has 104 valence electrons. The van der Waals surface area contributed by atoms with Gasteiger partial charge in [0.05, 0.1) is 6.26 Å². The lowest BCUT2D eigenvalue weighted by Crippen LogP contribution is -2.10. The van der Waals surface area contributed by atoms with E-state index < -0.39 is 0 Å². The molecule has 0 radical (unpaired) electrons. The first-order valence-corrected chi connectivity index (χ1v) is 7.26. The van der Waals surface area contributed by atoms with Crippen LogP contribution in [-0.4, -0.2) is 6.10 Å². The molecule has 0 heterocycles. The van der Waals surface area contributed by atoms with Crippen LogP contribution in [0.4, 0.5) is 0 Å². The van der Waals surface area contributed by atoms with Crippen molar-refractivity contribution in [3.63, 3.8) is 0 Å². The van der Waals surface area contributed by atoms with Crippen LogP contribution in [0, 0.1) is 17.8 Å². The first-order chi connectivity index (χ1) is 10.4. The monoisotopic (exact) mass is 274 g/mol. The fourth-order valence-corrected chi connectivity index (χ4v) is 2.65. The normalized spacial score (nSPS) is 20.8. The third-order valence-electron chi connectivity index (χ3n) is 3.83. The second-order valence-electron chi connectivity index (χ2n) is 5.28.